The molecule has 3 aliphatic rings. The number of amides is 2. The molecule has 2 aromatic carbocycles. The zero-order valence-electron chi connectivity index (χ0n) is 12.6. The van der Waals surface area contributed by atoms with E-state index in [4.69, 9.17) is 4.74 Å². The molecular formula is C19H15NO3. The van der Waals surface area contributed by atoms with E-state index in [1.165, 1.54) is 4.90 Å². The molecule has 0 aromatic heterocycles. The highest BCUT2D eigenvalue weighted by atomic mass is 16.5. The highest BCUT2D eigenvalue weighted by Gasteiger charge is 2.66. The van der Waals surface area contributed by atoms with E-state index < -0.39 is 17.4 Å². The van der Waals surface area contributed by atoms with Gasteiger partial charge in [-0.1, -0.05) is 48.6 Å². The Kier molecular flexibility index (Phi) is 2.31. The maximum atomic E-state index is 13.0. The number of imide groups is 1. The summed E-state index contributed by atoms with van der Waals surface area (Å²) < 4.78 is 5.86. The predicted octanol–water partition coefficient (Wildman–Crippen LogP) is 2.67. The van der Waals surface area contributed by atoms with Crippen molar-refractivity contribution >= 4 is 28.3 Å². The van der Waals surface area contributed by atoms with Gasteiger partial charge in [-0.2, -0.15) is 0 Å². The molecule has 2 saturated heterocycles. The molecule has 0 spiro atoms. The van der Waals surface area contributed by atoms with Gasteiger partial charge in [-0.3, -0.25) is 9.59 Å². The lowest BCUT2D eigenvalue weighted by molar-refractivity contribution is -0.126. The van der Waals surface area contributed by atoms with Crippen LogP contribution in [-0.2, 0) is 14.3 Å². The Hall–Kier alpha value is -2.46. The highest BCUT2D eigenvalue weighted by molar-refractivity contribution is 6.26. The van der Waals surface area contributed by atoms with Gasteiger partial charge >= 0.3 is 0 Å². The molecule has 0 aliphatic carbocycles. The number of ether oxygens (including phenoxy) is 1. The van der Waals surface area contributed by atoms with E-state index in [1.54, 1.807) is 0 Å². The second-order valence-electron chi connectivity index (χ2n) is 6.64. The smallest absolute Gasteiger partial charge is 0.241 e. The van der Waals surface area contributed by atoms with Crippen molar-refractivity contribution in [3.8, 4) is 0 Å². The maximum absolute atomic E-state index is 13.0. The lowest BCUT2D eigenvalue weighted by Gasteiger charge is -2.24. The van der Waals surface area contributed by atoms with E-state index in [0.717, 1.165) is 10.8 Å². The normalized spacial score (nSPS) is 34.7. The highest BCUT2D eigenvalue weighted by Crippen LogP contribution is 2.52. The van der Waals surface area contributed by atoms with Crippen LogP contribution in [0, 0.1) is 11.8 Å². The Balaban J connectivity index is 1.68. The fourth-order valence-electron chi connectivity index (χ4n) is 4.29. The SMILES string of the molecule is C[C@@]12C=C[C@H](O1)[C@H]1C(=O)N(c3cccc4ccccc34)C(=O)[C@@H]12. The summed E-state index contributed by atoms with van der Waals surface area (Å²) in [4.78, 5) is 27.4. The standard InChI is InChI=1S/C19H15NO3/c1-19-10-9-14(23-19)15-16(19)18(22)20(17(15)21)13-8-4-6-11-5-2-3-7-12(11)13/h2-10,14-16H,1H3/t14-,15+,16+,19-/m0/s1. The Labute approximate surface area is 133 Å². The molecule has 2 bridgehead atoms. The summed E-state index contributed by atoms with van der Waals surface area (Å²) >= 11 is 0. The predicted molar refractivity (Wildman–Crippen MR) is 85.8 cm³/mol. The van der Waals surface area contributed by atoms with Gasteiger partial charge in [0.1, 0.15) is 0 Å². The number of hydrogen-bond acceptors (Lipinski definition) is 3. The summed E-state index contributed by atoms with van der Waals surface area (Å²) in [5.41, 5.74) is 0.0250. The van der Waals surface area contributed by atoms with Gasteiger partial charge < -0.3 is 4.74 Å². The molecule has 5 rings (SSSR count). The number of rotatable bonds is 1. The molecule has 114 valence electrons. The Bertz CT molecular complexity index is 897. The van der Waals surface area contributed by atoms with Gasteiger partial charge in [-0.05, 0) is 18.4 Å². The van der Waals surface area contributed by atoms with Crippen LogP contribution >= 0.6 is 0 Å². The number of anilines is 1. The van der Waals surface area contributed by atoms with Crippen molar-refractivity contribution < 1.29 is 14.3 Å². The van der Waals surface area contributed by atoms with Gasteiger partial charge in [0, 0.05) is 5.39 Å². The summed E-state index contributed by atoms with van der Waals surface area (Å²) in [6.45, 7) is 1.89. The summed E-state index contributed by atoms with van der Waals surface area (Å²) in [6, 6.07) is 13.5. The minimum atomic E-state index is -0.651. The van der Waals surface area contributed by atoms with E-state index in [1.807, 2.05) is 61.5 Å². The minimum Gasteiger partial charge on any atom is -0.362 e. The molecule has 0 unspecified atom stereocenters. The van der Waals surface area contributed by atoms with E-state index in [0.29, 0.717) is 5.69 Å². The zero-order valence-corrected chi connectivity index (χ0v) is 12.6. The van der Waals surface area contributed by atoms with Crippen molar-refractivity contribution in [3.05, 3.63) is 54.6 Å². The van der Waals surface area contributed by atoms with Crippen LogP contribution in [0.25, 0.3) is 10.8 Å². The fraction of sp³-hybridized carbons (Fsp3) is 0.263. The number of hydrogen-bond donors (Lipinski definition) is 0. The van der Waals surface area contributed by atoms with Crippen LogP contribution in [0.2, 0.25) is 0 Å². The molecular weight excluding hydrogens is 290 g/mol. The first-order valence-electron chi connectivity index (χ1n) is 7.83. The number of benzene rings is 2. The Morgan fingerprint density at radius 2 is 1.83 bits per heavy atom. The van der Waals surface area contributed by atoms with Crippen LogP contribution in [0.3, 0.4) is 0 Å². The second kappa shape index (κ2) is 4.09. The van der Waals surface area contributed by atoms with Crippen LogP contribution in [0.4, 0.5) is 5.69 Å². The second-order valence-corrected chi connectivity index (χ2v) is 6.64. The van der Waals surface area contributed by atoms with Crippen LogP contribution in [0.15, 0.2) is 54.6 Å². The molecule has 2 amide bonds. The quantitative estimate of drug-likeness (QED) is 0.601. The third-order valence-electron chi connectivity index (χ3n) is 5.34. The fourth-order valence-corrected chi connectivity index (χ4v) is 4.29. The third-order valence-corrected chi connectivity index (χ3v) is 5.34. The monoisotopic (exact) mass is 305 g/mol. The topological polar surface area (TPSA) is 46.6 Å². The molecule has 0 saturated carbocycles. The molecule has 2 aromatic rings. The molecule has 4 atom stereocenters. The number of nitrogens with zero attached hydrogens (tertiary/aromatic N) is 1. The van der Waals surface area contributed by atoms with Crippen LogP contribution in [0.1, 0.15) is 6.92 Å². The molecule has 4 nitrogen and oxygen atoms in total. The first-order chi connectivity index (χ1) is 11.1. The van der Waals surface area contributed by atoms with Gasteiger partial charge in [0.25, 0.3) is 0 Å². The lowest BCUT2D eigenvalue weighted by Crippen LogP contribution is -2.38. The lowest BCUT2D eigenvalue weighted by atomic mass is 9.78. The molecule has 3 heterocycles. The number of carbonyl (C=O) groups is 2. The minimum absolute atomic E-state index is 0.144. The van der Waals surface area contributed by atoms with Crippen LogP contribution in [0.5, 0.6) is 0 Å². The Morgan fingerprint density at radius 3 is 2.65 bits per heavy atom. The van der Waals surface area contributed by atoms with E-state index in [2.05, 4.69) is 0 Å². The largest absolute Gasteiger partial charge is 0.362 e. The molecule has 4 heteroatoms. The molecule has 2 fully saturated rings. The van der Waals surface area contributed by atoms with Crippen molar-refractivity contribution in [2.24, 2.45) is 11.8 Å². The van der Waals surface area contributed by atoms with Crippen molar-refractivity contribution in [3.63, 3.8) is 0 Å². The summed E-state index contributed by atoms with van der Waals surface area (Å²) in [5, 5.41) is 1.94. The van der Waals surface area contributed by atoms with Crippen molar-refractivity contribution in [1.29, 1.82) is 0 Å². The van der Waals surface area contributed by atoms with Gasteiger partial charge in [0.05, 0.1) is 29.2 Å². The average Bonchev–Trinajstić information content (AvgIpc) is 3.16. The first kappa shape index (κ1) is 13.0. The molecule has 0 N–H and O–H groups in total. The van der Waals surface area contributed by atoms with Gasteiger partial charge in [-0.15, -0.1) is 0 Å². The molecule has 0 radical (unpaired) electrons. The third kappa shape index (κ3) is 1.49. The number of carbonyl (C=O) groups excluding carboxylic acids is 2. The molecule has 23 heavy (non-hydrogen) atoms. The van der Waals surface area contributed by atoms with Crippen molar-refractivity contribution in [2.75, 3.05) is 4.90 Å². The Morgan fingerprint density at radius 1 is 1.04 bits per heavy atom. The summed E-state index contributed by atoms with van der Waals surface area (Å²) in [5.74, 6) is -1.10. The van der Waals surface area contributed by atoms with E-state index >= 15 is 0 Å². The van der Waals surface area contributed by atoms with Crippen LogP contribution in [-0.4, -0.2) is 23.5 Å². The van der Waals surface area contributed by atoms with Crippen molar-refractivity contribution in [1.82, 2.24) is 0 Å². The van der Waals surface area contributed by atoms with Crippen molar-refractivity contribution in [2.45, 2.75) is 18.6 Å². The van der Waals surface area contributed by atoms with Gasteiger partial charge in [0.15, 0.2) is 0 Å². The van der Waals surface area contributed by atoms with E-state index in [9.17, 15) is 9.59 Å². The molecule has 3 aliphatic heterocycles. The summed E-state index contributed by atoms with van der Waals surface area (Å²) in [6.07, 6.45) is 3.57. The number of fused-ring (bicyclic) bond motifs is 6. The summed E-state index contributed by atoms with van der Waals surface area (Å²) in [7, 11) is 0. The van der Waals surface area contributed by atoms with Gasteiger partial charge in [-0.25, -0.2) is 4.90 Å². The van der Waals surface area contributed by atoms with Crippen LogP contribution < -0.4 is 4.90 Å². The zero-order chi connectivity index (χ0) is 15.8. The van der Waals surface area contributed by atoms with Gasteiger partial charge in [0.2, 0.25) is 11.8 Å². The average molecular weight is 305 g/mol. The first-order valence-corrected chi connectivity index (χ1v) is 7.83. The van der Waals surface area contributed by atoms with E-state index in [-0.39, 0.29) is 17.9 Å². The maximum Gasteiger partial charge on any atom is 0.241 e.